The number of carbonyl (C=O) groups is 3. The first-order valence-electron chi connectivity index (χ1n) is 10.6. The Morgan fingerprint density at radius 1 is 0.824 bits per heavy atom. The average Bonchev–Trinajstić information content (AvgIpc) is 3.12. The first kappa shape index (κ1) is 21.2. The van der Waals surface area contributed by atoms with Crippen LogP contribution in [-0.4, -0.2) is 31.4 Å². The molecule has 0 aliphatic carbocycles. The van der Waals surface area contributed by atoms with Crippen LogP contribution in [0.1, 0.15) is 20.7 Å². The molecular weight excluding hydrogens is 432 g/mol. The van der Waals surface area contributed by atoms with Gasteiger partial charge in [-0.2, -0.15) is 0 Å². The van der Waals surface area contributed by atoms with E-state index in [4.69, 9.17) is 9.47 Å². The largest absolute Gasteiger partial charge is 0.494 e. The Kier molecular flexibility index (Phi) is 5.43. The summed E-state index contributed by atoms with van der Waals surface area (Å²) in [4.78, 5) is 39.2. The molecule has 4 aromatic rings. The van der Waals surface area contributed by atoms with Crippen molar-refractivity contribution in [2.24, 2.45) is 0 Å². The zero-order chi connectivity index (χ0) is 23.7. The maximum absolute atomic E-state index is 12.8. The van der Waals surface area contributed by atoms with Gasteiger partial charge in [0.1, 0.15) is 11.5 Å². The summed E-state index contributed by atoms with van der Waals surface area (Å²) >= 11 is 0. The van der Waals surface area contributed by atoms with Crippen LogP contribution in [0.15, 0.2) is 84.9 Å². The Morgan fingerprint density at radius 3 is 2.24 bits per heavy atom. The molecule has 0 saturated carbocycles. The van der Waals surface area contributed by atoms with Crippen LogP contribution in [0.5, 0.6) is 11.5 Å². The Morgan fingerprint density at radius 2 is 1.50 bits per heavy atom. The molecule has 34 heavy (non-hydrogen) atoms. The van der Waals surface area contributed by atoms with Crippen LogP contribution in [0, 0.1) is 0 Å². The van der Waals surface area contributed by atoms with Crippen LogP contribution in [0.4, 0.5) is 11.4 Å². The summed E-state index contributed by atoms with van der Waals surface area (Å²) < 4.78 is 11.2. The van der Waals surface area contributed by atoms with Crippen molar-refractivity contribution < 1.29 is 23.9 Å². The molecule has 0 unspecified atom stereocenters. The van der Waals surface area contributed by atoms with Gasteiger partial charge in [0, 0.05) is 17.1 Å². The van der Waals surface area contributed by atoms with Gasteiger partial charge in [-0.15, -0.1) is 0 Å². The summed E-state index contributed by atoms with van der Waals surface area (Å²) in [7, 11) is 1.44. The van der Waals surface area contributed by atoms with Gasteiger partial charge in [-0.25, -0.2) is 4.90 Å². The highest BCUT2D eigenvalue weighted by Gasteiger charge is 2.37. The number of ether oxygens (including phenoxy) is 2. The van der Waals surface area contributed by atoms with Crippen molar-refractivity contribution >= 4 is 39.9 Å². The van der Waals surface area contributed by atoms with E-state index in [-0.39, 0.29) is 18.3 Å². The molecule has 0 atom stereocenters. The summed E-state index contributed by atoms with van der Waals surface area (Å²) in [5, 5.41) is 4.70. The summed E-state index contributed by atoms with van der Waals surface area (Å²) in [6.07, 6.45) is 0. The summed E-state index contributed by atoms with van der Waals surface area (Å²) in [5.41, 5.74) is 1.44. The third-order valence-corrected chi connectivity index (χ3v) is 5.61. The normalized spacial score (nSPS) is 12.6. The maximum atomic E-state index is 12.8. The minimum atomic E-state index is -0.417. The minimum Gasteiger partial charge on any atom is -0.494 e. The Balaban J connectivity index is 1.31. The van der Waals surface area contributed by atoms with Crippen LogP contribution in [0.25, 0.3) is 10.8 Å². The second-order valence-electron chi connectivity index (χ2n) is 7.69. The van der Waals surface area contributed by atoms with Crippen molar-refractivity contribution in [3.63, 3.8) is 0 Å². The van der Waals surface area contributed by atoms with E-state index in [1.165, 1.54) is 7.11 Å². The van der Waals surface area contributed by atoms with E-state index in [0.717, 1.165) is 15.7 Å². The number of rotatable bonds is 6. The van der Waals surface area contributed by atoms with Crippen LogP contribution < -0.4 is 19.7 Å². The van der Waals surface area contributed by atoms with Crippen molar-refractivity contribution in [3.8, 4) is 11.5 Å². The highest BCUT2D eigenvalue weighted by Crippen LogP contribution is 2.36. The zero-order valence-electron chi connectivity index (χ0n) is 18.3. The number of nitrogens with zero attached hydrogens (tertiary/aromatic N) is 1. The van der Waals surface area contributed by atoms with Crippen molar-refractivity contribution in [1.29, 1.82) is 0 Å². The molecule has 0 radical (unpaired) electrons. The van der Waals surface area contributed by atoms with Crippen LogP contribution in [0.3, 0.4) is 0 Å². The number of nitrogens with one attached hydrogen (secondary N) is 1. The molecule has 1 heterocycles. The first-order chi connectivity index (χ1) is 16.6. The number of carbonyl (C=O) groups excluding carboxylic acids is 3. The number of fused-ring (bicyclic) bond motifs is 2. The number of anilines is 2. The van der Waals surface area contributed by atoms with E-state index in [1.54, 1.807) is 42.5 Å². The number of amides is 3. The van der Waals surface area contributed by atoms with Crippen LogP contribution >= 0.6 is 0 Å². The van der Waals surface area contributed by atoms with E-state index < -0.39 is 11.8 Å². The lowest BCUT2D eigenvalue weighted by Gasteiger charge is -2.18. The molecule has 7 nitrogen and oxygen atoms in total. The molecule has 1 N–H and O–H groups in total. The molecule has 0 fully saturated rings. The van der Waals surface area contributed by atoms with Gasteiger partial charge in [0.05, 0.1) is 23.9 Å². The zero-order valence-corrected chi connectivity index (χ0v) is 18.3. The SMILES string of the molecule is COc1cc(NC(=O)COc2cccc3ccccc23)ccc1N1C(=O)c2ccccc2C1=O. The molecule has 0 bridgehead atoms. The highest BCUT2D eigenvalue weighted by atomic mass is 16.5. The van der Waals surface area contributed by atoms with E-state index in [2.05, 4.69) is 5.32 Å². The molecule has 3 amide bonds. The summed E-state index contributed by atoms with van der Waals surface area (Å²) in [6.45, 7) is -0.184. The van der Waals surface area contributed by atoms with Gasteiger partial charge in [0.15, 0.2) is 6.61 Å². The topological polar surface area (TPSA) is 84.9 Å². The molecular formula is C27H20N2O5. The van der Waals surface area contributed by atoms with Gasteiger partial charge in [-0.1, -0.05) is 48.5 Å². The Hall–Kier alpha value is -4.65. The Labute approximate surface area is 195 Å². The fourth-order valence-electron chi connectivity index (χ4n) is 4.01. The lowest BCUT2D eigenvalue weighted by atomic mass is 10.1. The molecule has 1 aliphatic rings. The molecule has 0 spiro atoms. The van der Waals surface area contributed by atoms with Crippen molar-refractivity contribution in [1.82, 2.24) is 0 Å². The third kappa shape index (κ3) is 3.73. The van der Waals surface area contributed by atoms with Crippen molar-refractivity contribution in [2.75, 3.05) is 23.9 Å². The van der Waals surface area contributed by atoms with E-state index in [0.29, 0.717) is 28.3 Å². The fraction of sp³-hybridized carbons (Fsp3) is 0.0741. The third-order valence-electron chi connectivity index (χ3n) is 5.61. The molecule has 0 saturated heterocycles. The van der Waals surface area contributed by atoms with Gasteiger partial charge in [-0.3, -0.25) is 14.4 Å². The molecule has 0 aromatic heterocycles. The lowest BCUT2D eigenvalue weighted by Crippen LogP contribution is -2.29. The number of imide groups is 1. The van der Waals surface area contributed by atoms with Crippen LogP contribution in [0.2, 0.25) is 0 Å². The predicted molar refractivity (Wildman–Crippen MR) is 129 cm³/mol. The fourth-order valence-corrected chi connectivity index (χ4v) is 4.01. The predicted octanol–water partition coefficient (Wildman–Crippen LogP) is 4.67. The average molecular weight is 452 g/mol. The summed E-state index contributed by atoms with van der Waals surface area (Å²) in [6, 6.07) is 24.8. The smallest absolute Gasteiger partial charge is 0.266 e. The standard InChI is InChI=1S/C27H20N2O5/c1-33-24-15-18(13-14-22(24)29-26(31)20-10-4-5-11-21(20)27(29)32)28-25(30)16-34-23-12-6-8-17-7-2-3-9-19(17)23/h2-15H,16H2,1H3,(H,28,30). The van der Waals surface area contributed by atoms with Gasteiger partial charge in [-0.05, 0) is 35.7 Å². The monoisotopic (exact) mass is 452 g/mol. The van der Waals surface area contributed by atoms with Crippen LogP contribution in [-0.2, 0) is 4.79 Å². The second-order valence-corrected chi connectivity index (χ2v) is 7.69. The Bertz CT molecular complexity index is 1410. The van der Waals surface area contributed by atoms with E-state index in [1.807, 2.05) is 42.5 Å². The maximum Gasteiger partial charge on any atom is 0.266 e. The second kappa shape index (κ2) is 8.71. The number of methoxy groups -OCH3 is 1. The lowest BCUT2D eigenvalue weighted by molar-refractivity contribution is -0.118. The molecule has 7 heteroatoms. The van der Waals surface area contributed by atoms with Crippen molar-refractivity contribution in [3.05, 3.63) is 96.1 Å². The molecule has 1 aliphatic heterocycles. The minimum absolute atomic E-state index is 0.184. The first-order valence-corrected chi connectivity index (χ1v) is 10.6. The molecule has 168 valence electrons. The number of benzene rings is 4. The molecule has 4 aromatic carbocycles. The van der Waals surface area contributed by atoms with Gasteiger partial charge >= 0.3 is 0 Å². The van der Waals surface area contributed by atoms with Gasteiger partial charge < -0.3 is 14.8 Å². The molecule has 5 rings (SSSR count). The van der Waals surface area contributed by atoms with E-state index in [9.17, 15) is 14.4 Å². The number of hydrogen-bond acceptors (Lipinski definition) is 5. The van der Waals surface area contributed by atoms with Gasteiger partial charge in [0.2, 0.25) is 0 Å². The quantitative estimate of drug-likeness (QED) is 0.430. The highest BCUT2D eigenvalue weighted by molar-refractivity contribution is 6.34. The van der Waals surface area contributed by atoms with Crippen molar-refractivity contribution in [2.45, 2.75) is 0 Å². The summed E-state index contributed by atoms with van der Waals surface area (Å²) in [5.74, 6) is -0.295. The number of hydrogen-bond donors (Lipinski definition) is 1. The van der Waals surface area contributed by atoms with Gasteiger partial charge in [0.25, 0.3) is 17.7 Å². The van der Waals surface area contributed by atoms with E-state index >= 15 is 0 Å².